The van der Waals surface area contributed by atoms with Crippen LogP contribution >= 0.6 is 0 Å². The molecule has 0 saturated carbocycles. The fraction of sp³-hybridized carbons (Fsp3) is 0.458. The zero-order chi connectivity index (χ0) is 22.4. The number of benzene rings is 1. The van der Waals surface area contributed by atoms with E-state index in [2.05, 4.69) is 13.8 Å². The number of rotatable bonds is 8. The molecule has 0 aromatic heterocycles. The molecule has 0 aliphatic heterocycles. The molecule has 5 heteroatoms. The fourth-order valence-corrected chi connectivity index (χ4v) is 2.81. The van der Waals surface area contributed by atoms with Gasteiger partial charge < -0.3 is 9.84 Å². The van der Waals surface area contributed by atoms with Gasteiger partial charge in [-0.3, -0.25) is 0 Å². The Labute approximate surface area is 172 Å². The summed E-state index contributed by atoms with van der Waals surface area (Å²) >= 11 is 0. The topological polar surface area (TPSA) is 46.5 Å². The average Bonchev–Trinajstić information content (AvgIpc) is 2.57. The number of hydrogen-bond acceptors (Lipinski definition) is 2. The third-order valence-corrected chi connectivity index (χ3v) is 4.42. The van der Waals surface area contributed by atoms with Crippen LogP contribution in [0.25, 0.3) is 5.57 Å². The number of carboxylic acid groups (broad SMARTS) is 1. The summed E-state index contributed by atoms with van der Waals surface area (Å²) in [6.07, 6.45) is 3.83. The summed E-state index contributed by atoms with van der Waals surface area (Å²) in [6, 6.07) is 4.03. The van der Waals surface area contributed by atoms with Crippen LogP contribution in [-0.2, 0) is 10.2 Å². The monoisotopic (exact) mass is 406 g/mol. The SMILES string of the molecule is CC(C=CC=C(C)c1cc(C(C)C)cc(C(C)(C)C)c1OCC(F)F)=CC(=O)O. The van der Waals surface area contributed by atoms with E-state index in [9.17, 15) is 13.6 Å². The van der Waals surface area contributed by atoms with E-state index >= 15 is 0 Å². The third kappa shape index (κ3) is 7.84. The molecular formula is C24H32F2O3. The van der Waals surface area contributed by atoms with E-state index in [1.165, 1.54) is 0 Å². The highest BCUT2D eigenvalue weighted by Gasteiger charge is 2.24. The van der Waals surface area contributed by atoms with Crippen LogP contribution in [0.4, 0.5) is 8.78 Å². The first kappa shape index (κ1) is 24.6. The second kappa shape index (κ2) is 10.4. The van der Waals surface area contributed by atoms with Crippen LogP contribution in [0.15, 0.2) is 42.0 Å². The fourth-order valence-electron chi connectivity index (χ4n) is 2.81. The molecule has 0 heterocycles. The number of halogens is 2. The summed E-state index contributed by atoms with van der Waals surface area (Å²) in [7, 11) is 0. The second-order valence-corrected chi connectivity index (χ2v) is 8.49. The van der Waals surface area contributed by atoms with Crippen LogP contribution in [-0.4, -0.2) is 24.1 Å². The van der Waals surface area contributed by atoms with Gasteiger partial charge in [0, 0.05) is 17.2 Å². The van der Waals surface area contributed by atoms with Gasteiger partial charge in [-0.15, -0.1) is 0 Å². The van der Waals surface area contributed by atoms with Gasteiger partial charge in [0.2, 0.25) is 0 Å². The summed E-state index contributed by atoms with van der Waals surface area (Å²) < 4.78 is 31.3. The molecule has 0 amide bonds. The number of carboxylic acids is 1. The molecule has 0 fully saturated rings. The molecule has 0 aliphatic carbocycles. The smallest absolute Gasteiger partial charge is 0.328 e. The van der Waals surface area contributed by atoms with Crippen LogP contribution < -0.4 is 4.74 Å². The Balaban J connectivity index is 3.54. The van der Waals surface area contributed by atoms with Gasteiger partial charge in [0.25, 0.3) is 6.43 Å². The first-order chi connectivity index (χ1) is 13.3. The Hall–Kier alpha value is -2.43. The Morgan fingerprint density at radius 3 is 2.31 bits per heavy atom. The number of allylic oxidation sites excluding steroid dienone is 5. The van der Waals surface area contributed by atoms with Crippen LogP contribution in [0.5, 0.6) is 5.75 Å². The minimum absolute atomic E-state index is 0.267. The standard InChI is InChI=1S/C24H32F2O3/c1-15(2)18-12-19(17(4)10-8-9-16(3)11-22(27)28)23(29-14-21(25)26)20(13-18)24(5,6)7/h8-13,15,21H,14H2,1-7H3,(H,27,28). The van der Waals surface area contributed by atoms with Gasteiger partial charge in [-0.2, -0.15) is 0 Å². The first-order valence-electron chi connectivity index (χ1n) is 9.68. The van der Waals surface area contributed by atoms with Crippen molar-refractivity contribution in [1.29, 1.82) is 0 Å². The van der Waals surface area contributed by atoms with Gasteiger partial charge in [0.1, 0.15) is 12.4 Å². The van der Waals surface area contributed by atoms with E-state index in [1.807, 2.05) is 45.9 Å². The summed E-state index contributed by atoms with van der Waals surface area (Å²) in [5.41, 5.74) is 3.93. The molecule has 1 aromatic carbocycles. The molecule has 1 aromatic rings. The molecule has 0 aliphatic rings. The van der Waals surface area contributed by atoms with Crippen molar-refractivity contribution in [3.8, 4) is 5.75 Å². The Bertz CT molecular complexity index is 810. The molecule has 0 bridgehead atoms. The number of aliphatic carboxylic acids is 1. The molecule has 0 spiro atoms. The summed E-state index contributed by atoms with van der Waals surface area (Å²) in [5, 5.41) is 8.80. The largest absolute Gasteiger partial charge is 0.487 e. The van der Waals surface area contributed by atoms with Gasteiger partial charge in [0.05, 0.1) is 0 Å². The zero-order valence-corrected chi connectivity index (χ0v) is 18.3. The van der Waals surface area contributed by atoms with Crippen molar-refractivity contribution in [2.75, 3.05) is 6.61 Å². The Kier molecular flexibility index (Phi) is 8.80. The lowest BCUT2D eigenvalue weighted by molar-refractivity contribution is -0.131. The maximum atomic E-state index is 12.9. The summed E-state index contributed by atoms with van der Waals surface area (Å²) in [4.78, 5) is 10.7. The molecule has 29 heavy (non-hydrogen) atoms. The third-order valence-electron chi connectivity index (χ3n) is 4.42. The van der Waals surface area contributed by atoms with E-state index in [0.29, 0.717) is 11.3 Å². The highest BCUT2D eigenvalue weighted by Crippen LogP contribution is 2.40. The van der Waals surface area contributed by atoms with Gasteiger partial charge in [-0.05, 0) is 48.0 Å². The van der Waals surface area contributed by atoms with E-state index in [0.717, 1.165) is 28.3 Å². The molecule has 0 atom stereocenters. The predicted octanol–water partition coefficient (Wildman–Crippen LogP) is 6.74. The summed E-state index contributed by atoms with van der Waals surface area (Å²) in [6.45, 7) is 13.2. The van der Waals surface area contributed by atoms with Crippen molar-refractivity contribution in [3.63, 3.8) is 0 Å². The van der Waals surface area contributed by atoms with Crippen molar-refractivity contribution < 1.29 is 23.4 Å². The van der Waals surface area contributed by atoms with Gasteiger partial charge >= 0.3 is 5.97 Å². The second-order valence-electron chi connectivity index (χ2n) is 8.49. The van der Waals surface area contributed by atoms with Crippen LogP contribution in [0.3, 0.4) is 0 Å². The highest BCUT2D eigenvalue weighted by molar-refractivity contribution is 5.81. The van der Waals surface area contributed by atoms with E-state index in [1.54, 1.807) is 19.1 Å². The van der Waals surface area contributed by atoms with Crippen molar-refractivity contribution in [1.82, 2.24) is 0 Å². The zero-order valence-electron chi connectivity index (χ0n) is 18.3. The maximum absolute atomic E-state index is 12.9. The minimum Gasteiger partial charge on any atom is -0.487 e. The van der Waals surface area contributed by atoms with Crippen molar-refractivity contribution in [2.24, 2.45) is 0 Å². The van der Waals surface area contributed by atoms with E-state index in [-0.39, 0.29) is 11.3 Å². The molecular weight excluding hydrogens is 374 g/mol. The summed E-state index contributed by atoms with van der Waals surface area (Å²) in [5.74, 6) is -0.264. The molecule has 3 nitrogen and oxygen atoms in total. The molecule has 0 saturated heterocycles. The lowest BCUT2D eigenvalue weighted by Crippen LogP contribution is -2.18. The van der Waals surface area contributed by atoms with Crippen LogP contribution in [0.2, 0.25) is 0 Å². The number of ether oxygens (including phenoxy) is 1. The lowest BCUT2D eigenvalue weighted by atomic mass is 9.81. The number of hydrogen-bond donors (Lipinski definition) is 1. The van der Waals surface area contributed by atoms with Crippen LogP contribution in [0.1, 0.15) is 71.1 Å². The Morgan fingerprint density at radius 1 is 1.21 bits per heavy atom. The maximum Gasteiger partial charge on any atom is 0.328 e. The lowest BCUT2D eigenvalue weighted by Gasteiger charge is -2.27. The molecule has 1 rings (SSSR count). The van der Waals surface area contributed by atoms with E-state index < -0.39 is 19.0 Å². The first-order valence-corrected chi connectivity index (χ1v) is 9.68. The molecule has 0 unspecified atom stereocenters. The molecule has 1 N–H and O–H groups in total. The van der Waals surface area contributed by atoms with Gasteiger partial charge in [0.15, 0.2) is 0 Å². The normalized spacial score (nSPS) is 13.6. The van der Waals surface area contributed by atoms with Crippen LogP contribution in [0, 0.1) is 0 Å². The minimum atomic E-state index is -2.56. The van der Waals surface area contributed by atoms with Crippen molar-refractivity contribution in [3.05, 3.63) is 58.7 Å². The Morgan fingerprint density at radius 2 is 1.83 bits per heavy atom. The number of carbonyl (C=O) groups is 1. The van der Waals surface area contributed by atoms with Gasteiger partial charge in [-0.25, -0.2) is 13.6 Å². The van der Waals surface area contributed by atoms with Crippen molar-refractivity contribution >= 4 is 11.5 Å². The predicted molar refractivity (Wildman–Crippen MR) is 115 cm³/mol. The highest BCUT2D eigenvalue weighted by atomic mass is 19.3. The quantitative estimate of drug-likeness (QED) is 0.384. The van der Waals surface area contributed by atoms with Gasteiger partial charge in [-0.1, -0.05) is 58.9 Å². The average molecular weight is 407 g/mol. The van der Waals surface area contributed by atoms with E-state index in [4.69, 9.17) is 9.84 Å². The van der Waals surface area contributed by atoms with Crippen molar-refractivity contribution in [2.45, 2.75) is 66.2 Å². The molecule has 160 valence electrons. The molecule has 0 radical (unpaired) electrons. The number of alkyl halides is 2.